The summed E-state index contributed by atoms with van der Waals surface area (Å²) in [6.07, 6.45) is 2.69. The SMILES string of the molecule is N#CCN1CCC(NC(=O)c2ccc3c(Cl)cnc(-c4c(F)cc(F)cc4F)c3c2)CC1. The van der Waals surface area contributed by atoms with Gasteiger partial charge in [-0.25, -0.2) is 13.2 Å². The average molecular weight is 459 g/mol. The van der Waals surface area contributed by atoms with Gasteiger partial charge >= 0.3 is 0 Å². The first-order chi connectivity index (χ1) is 15.4. The maximum Gasteiger partial charge on any atom is 0.251 e. The van der Waals surface area contributed by atoms with E-state index in [4.69, 9.17) is 16.9 Å². The molecule has 1 aliphatic heterocycles. The van der Waals surface area contributed by atoms with Gasteiger partial charge in [-0.05, 0) is 25.0 Å². The molecule has 1 aromatic heterocycles. The molecule has 0 radical (unpaired) electrons. The van der Waals surface area contributed by atoms with Crippen molar-refractivity contribution in [2.24, 2.45) is 0 Å². The summed E-state index contributed by atoms with van der Waals surface area (Å²) in [6, 6.07) is 7.88. The third kappa shape index (κ3) is 4.40. The number of carbonyl (C=O) groups is 1. The van der Waals surface area contributed by atoms with E-state index >= 15 is 0 Å². The van der Waals surface area contributed by atoms with Crippen LogP contribution < -0.4 is 5.32 Å². The molecular weight excluding hydrogens is 441 g/mol. The normalized spacial score (nSPS) is 15.0. The lowest BCUT2D eigenvalue weighted by Crippen LogP contribution is -2.44. The van der Waals surface area contributed by atoms with Gasteiger partial charge in [-0.3, -0.25) is 14.7 Å². The number of fused-ring (bicyclic) bond motifs is 1. The molecule has 0 aliphatic carbocycles. The molecule has 1 amide bonds. The van der Waals surface area contributed by atoms with E-state index in [1.165, 1.54) is 12.3 Å². The Balaban J connectivity index is 1.66. The molecule has 3 aromatic rings. The van der Waals surface area contributed by atoms with Crippen molar-refractivity contribution < 1.29 is 18.0 Å². The smallest absolute Gasteiger partial charge is 0.251 e. The summed E-state index contributed by atoms with van der Waals surface area (Å²) in [4.78, 5) is 18.9. The fraction of sp³-hybridized carbons (Fsp3) is 0.261. The Labute approximate surface area is 187 Å². The number of carbonyl (C=O) groups excluding carboxylic acids is 1. The number of nitriles is 1. The minimum atomic E-state index is -1.10. The number of hydrogen-bond acceptors (Lipinski definition) is 4. The highest BCUT2D eigenvalue weighted by Crippen LogP contribution is 2.34. The molecule has 0 atom stereocenters. The number of benzene rings is 2. The van der Waals surface area contributed by atoms with Crippen molar-refractivity contribution in [3.05, 3.63) is 64.6 Å². The van der Waals surface area contributed by atoms with Crippen molar-refractivity contribution in [3.63, 3.8) is 0 Å². The third-order valence-electron chi connectivity index (χ3n) is 5.56. The number of halogens is 4. The maximum absolute atomic E-state index is 14.4. The fourth-order valence-corrected chi connectivity index (χ4v) is 4.14. The number of piperidine rings is 1. The van der Waals surface area contributed by atoms with Crippen LogP contribution in [0.5, 0.6) is 0 Å². The fourth-order valence-electron chi connectivity index (χ4n) is 3.92. The Morgan fingerprint density at radius 2 is 1.84 bits per heavy atom. The first-order valence-electron chi connectivity index (χ1n) is 10.0. The van der Waals surface area contributed by atoms with Gasteiger partial charge in [0.25, 0.3) is 5.91 Å². The van der Waals surface area contributed by atoms with Gasteiger partial charge in [0, 0.05) is 53.8 Å². The van der Waals surface area contributed by atoms with Gasteiger partial charge in [0.05, 0.1) is 28.9 Å². The Hall–Kier alpha value is -3.15. The Morgan fingerprint density at radius 1 is 1.16 bits per heavy atom. The zero-order valence-electron chi connectivity index (χ0n) is 16.8. The molecule has 1 N–H and O–H groups in total. The van der Waals surface area contributed by atoms with Gasteiger partial charge in [-0.2, -0.15) is 5.26 Å². The van der Waals surface area contributed by atoms with Crippen LogP contribution in [-0.2, 0) is 0 Å². The van der Waals surface area contributed by atoms with E-state index in [9.17, 15) is 18.0 Å². The van der Waals surface area contributed by atoms with Crippen LogP contribution in [0.4, 0.5) is 13.2 Å². The van der Waals surface area contributed by atoms with Crippen molar-refractivity contribution in [1.82, 2.24) is 15.2 Å². The van der Waals surface area contributed by atoms with Crippen molar-refractivity contribution in [1.29, 1.82) is 5.26 Å². The molecule has 2 aromatic carbocycles. The first kappa shape index (κ1) is 22.1. The van der Waals surface area contributed by atoms with E-state index in [-0.39, 0.29) is 33.6 Å². The van der Waals surface area contributed by atoms with Crippen LogP contribution >= 0.6 is 11.6 Å². The van der Waals surface area contributed by atoms with Crippen molar-refractivity contribution in [2.75, 3.05) is 19.6 Å². The van der Waals surface area contributed by atoms with Crippen LogP contribution in [0.2, 0.25) is 5.02 Å². The number of pyridine rings is 1. The lowest BCUT2D eigenvalue weighted by atomic mass is 10.00. The summed E-state index contributed by atoms with van der Waals surface area (Å²) in [5.41, 5.74) is -0.278. The number of rotatable bonds is 4. The lowest BCUT2D eigenvalue weighted by molar-refractivity contribution is 0.0914. The number of nitrogens with zero attached hydrogens (tertiary/aromatic N) is 3. The van der Waals surface area contributed by atoms with Crippen LogP contribution in [0.25, 0.3) is 22.0 Å². The highest BCUT2D eigenvalue weighted by atomic mass is 35.5. The van der Waals surface area contributed by atoms with Gasteiger partial charge in [-0.1, -0.05) is 17.7 Å². The van der Waals surface area contributed by atoms with E-state index in [0.717, 1.165) is 0 Å². The molecular formula is C23H18ClF3N4O. The van der Waals surface area contributed by atoms with Gasteiger partial charge in [-0.15, -0.1) is 0 Å². The number of hydrogen-bond donors (Lipinski definition) is 1. The number of nitrogens with one attached hydrogen (secondary N) is 1. The van der Waals surface area contributed by atoms with Crippen LogP contribution in [0.1, 0.15) is 23.2 Å². The quantitative estimate of drug-likeness (QED) is 0.576. The molecule has 0 bridgehead atoms. The summed E-state index contributed by atoms with van der Waals surface area (Å²) in [5, 5.41) is 12.8. The van der Waals surface area contributed by atoms with Crippen molar-refractivity contribution in [3.8, 4) is 17.3 Å². The van der Waals surface area contributed by atoms with Crippen molar-refractivity contribution >= 4 is 28.3 Å². The monoisotopic (exact) mass is 458 g/mol. The van der Waals surface area contributed by atoms with E-state index in [0.29, 0.717) is 50.0 Å². The molecule has 0 saturated carbocycles. The van der Waals surface area contributed by atoms with Crippen molar-refractivity contribution in [2.45, 2.75) is 18.9 Å². The van der Waals surface area contributed by atoms with E-state index in [1.54, 1.807) is 12.1 Å². The van der Waals surface area contributed by atoms with Crippen LogP contribution in [-0.4, -0.2) is 41.5 Å². The first-order valence-corrected chi connectivity index (χ1v) is 10.4. The third-order valence-corrected chi connectivity index (χ3v) is 5.86. The predicted molar refractivity (Wildman–Crippen MR) is 115 cm³/mol. The van der Waals surface area contributed by atoms with Gasteiger partial charge in [0.1, 0.15) is 17.5 Å². The minimum absolute atomic E-state index is 0.0444. The Bertz CT molecular complexity index is 1210. The summed E-state index contributed by atoms with van der Waals surface area (Å²) in [7, 11) is 0. The molecule has 164 valence electrons. The molecule has 2 heterocycles. The summed E-state index contributed by atoms with van der Waals surface area (Å²) < 4.78 is 42.2. The molecule has 5 nitrogen and oxygen atoms in total. The molecule has 9 heteroatoms. The Morgan fingerprint density at radius 3 is 2.50 bits per heavy atom. The second-order valence-electron chi connectivity index (χ2n) is 7.64. The molecule has 1 aliphatic rings. The zero-order chi connectivity index (χ0) is 22.8. The zero-order valence-corrected chi connectivity index (χ0v) is 17.6. The van der Waals surface area contributed by atoms with E-state index in [1.807, 2.05) is 4.90 Å². The number of amides is 1. The van der Waals surface area contributed by atoms with Crippen LogP contribution in [0.3, 0.4) is 0 Å². The molecule has 0 unspecified atom stereocenters. The molecule has 0 spiro atoms. The van der Waals surface area contributed by atoms with Gasteiger partial charge < -0.3 is 5.32 Å². The molecule has 1 fully saturated rings. The highest BCUT2D eigenvalue weighted by molar-refractivity contribution is 6.35. The van der Waals surface area contributed by atoms with Gasteiger partial charge in [0.15, 0.2) is 0 Å². The lowest BCUT2D eigenvalue weighted by Gasteiger charge is -2.30. The minimum Gasteiger partial charge on any atom is -0.349 e. The number of likely N-dealkylation sites (tertiary alicyclic amines) is 1. The summed E-state index contributed by atoms with van der Waals surface area (Å²) in [5.74, 6) is -3.57. The molecule has 4 rings (SSSR count). The number of aromatic nitrogens is 1. The molecule has 32 heavy (non-hydrogen) atoms. The second kappa shape index (κ2) is 9.15. The average Bonchev–Trinajstić information content (AvgIpc) is 2.76. The highest BCUT2D eigenvalue weighted by Gasteiger charge is 2.22. The van der Waals surface area contributed by atoms with E-state index in [2.05, 4.69) is 16.4 Å². The Kier molecular flexibility index (Phi) is 6.31. The van der Waals surface area contributed by atoms with Crippen LogP contribution in [0.15, 0.2) is 36.5 Å². The standard InChI is InChI=1S/C23H18ClF3N4O/c24-18-12-29-22(21-19(26)10-14(25)11-20(21)27)17-9-13(1-2-16(17)18)23(32)30-15-3-6-31(7-4-15)8-5-28/h1-2,9-12,15H,3-4,6-8H2,(H,30,32). The maximum atomic E-state index is 14.4. The van der Waals surface area contributed by atoms with Gasteiger partial charge in [0.2, 0.25) is 0 Å². The topological polar surface area (TPSA) is 69.0 Å². The van der Waals surface area contributed by atoms with Crippen LogP contribution in [0, 0.1) is 28.8 Å². The summed E-state index contributed by atoms with van der Waals surface area (Å²) in [6.45, 7) is 1.78. The summed E-state index contributed by atoms with van der Waals surface area (Å²) >= 11 is 6.21. The second-order valence-corrected chi connectivity index (χ2v) is 8.05. The predicted octanol–water partition coefficient (Wildman–Crippen LogP) is 4.69. The van der Waals surface area contributed by atoms with E-state index < -0.39 is 23.0 Å². The molecule has 1 saturated heterocycles. The largest absolute Gasteiger partial charge is 0.349 e.